The number of furan rings is 1. The number of benzene rings is 1. The minimum absolute atomic E-state index is 0.00235. The summed E-state index contributed by atoms with van der Waals surface area (Å²) in [6.45, 7) is 8.77. The molecule has 1 atom stereocenters. The van der Waals surface area contributed by atoms with E-state index in [1.165, 1.54) is 5.56 Å². The van der Waals surface area contributed by atoms with Crippen LogP contribution in [0.15, 0.2) is 40.8 Å². The van der Waals surface area contributed by atoms with Gasteiger partial charge in [0.2, 0.25) is 0 Å². The van der Waals surface area contributed by atoms with Crippen LogP contribution in [0, 0.1) is 0 Å². The van der Waals surface area contributed by atoms with E-state index in [1.807, 2.05) is 29.2 Å². The molecule has 1 aromatic carbocycles. The molecule has 0 bridgehead atoms. The highest BCUT2D eigenvalue weighted by Crippen LogP contribution is 2.28. The number of nitrogens with zero attached hydrogens (tertiary/aromatic N) is 3. The van der Waals surface area contributed by atoms with Crippen LogP contribution in [-0.4, -0.2) is 73.6 Å². The number of aryl methyl sites for hydroxylation is 1. The fraction of sp³-hybridized carbons (Fsp3) is 0.542. The predicted octanol–water partition coefficient (Wildman–Crippen LogP) is 3.19. The number of hydrogen-bond donors (Lipinski definition) is 0. The van der Waals surface area contributed by atoms with Crippen LogP contribution in [0.4, 0.5) is 0 Å². The molecule has 6 nitrogen and oxygen atoms in total. The summed E-state index contributed by atoms with van der Waals surface area (Å²) in [7, 11) is 2.12. The molecule has 30 heavy (non-hydrogen) atoms. The van der Waals surface area contributed by atoms with Gasteiger partial charge >= 0.3 is 0 Å². The van der Waals surface area contributed by atoms with Gasteiger partial charge in [-0.1, -0.05) is 37.3 Å². The summed E-state index contributed by atoms with van der Waals surface area (Å²) >= 11 is 0. The zero-order valence-corrected chi connectivity index (χ0v) is 18.2. The topological polar surface area (TPSA) is 49.2 Å². The fourth-order valence-corrected chi connectivity index (χ4v) is 4.41. The van der Waals surface area contributed by atoms with Crippen molar-refractivity contribution in [1.82, 2.24) is 14.7 Å². The van der Waals surface area contributed by atoms with Crippen molar-refractivity contribution < 1.29 is 13.9 Å². The number of hydrogen-bond acceptors (Lipinski definition) is 5. The second kappa shape index (κ2) is 9.77. The van der Waals surface area contributed by atoms with Gasteiger partial charge in [0.25, 0.3) is 5.91 Å². The molecule has 0 spiro atoms. The Balaban J connectivity index is 1.57. The summed E-state index contributed by atoms with van der Waals surface area (Å²) in [6, 6.07) is 12.3. The first-order valence-electron chi connectivity index (χ1n) is 11.1. The smallest absolute Gasteiger partial charge is 0.290 e. The Kier molecular flexibility index (Phi) is 6.87. The van der Waals surface area contributed by atoms with E-state index < -0.39 is 0 Å². The first-order valence-corrected chi connectivity index (χ1v) is 11.1. The van der Waals surface area contributed by atoms with Crippen molar-refractivity contribution in [2.75, 3.05) is 53.0 Å². The molecule has 3 heterocycles. The third-order valence-corrected chi connectivity index (χ3v) is 6.11. The maximum Gasteiger partial charge on any atom is 0.290 e. The Hall–Kier alpha value is -2.15. The molecule has 2 saturated heterocycles. The Labute approximate surface area is 179 Å². The monoisotopic (exact) mass is 411 g/mol. The van der Waals surface area contributed by atoms with Gasteiger partial charge in [-0.05, 0) is 25.1 Å². The van der Waals surface area contributed by atoms with Crippen LogP contribution < -0.4 is 0 Å². The van der Waals surface area contributed by atoms with Crippen LogP contribution in [0.25, 0.3) is 0 Å². The van der Waals surface area contributed by atoms with Crippen LogP contribution in [0.2, 0.25) is 0 Å². The zero-order chi connectivity index (χ0) is 20.9. The fourth-order valence-electron chi connectivity index (χ4n) is 4.41. The summed E-state index contributed by atoms with van der Waals surface area (Å²) in [4.78, 5) is 20.2. The van der Waals surface area contributed by atoms with Crippen LogP contribution in [-0.2, 0) is 17.7 Å². The molecule has 1 amide bonds. The number of rotatable bonds is 6. The van der Waals surface area contributed by atoms with Gasteiger partial charge in [0, 0.05) is 51.3 Å². The third-order valence-electron chi connectivity index (χ3n) is 6.11. The van der Waals surface area contributed by atoms with Gasteiger partial charge in [-0.25, -0.2) is 0 Å². The van der Waals surface area contributed by atoms with Gasteiger partial charge in [0.05, 0.1) is 19.3 Å². The van der Waals surface area contributed by atoms with Crippen molar-refractivity contribution in [3.05, 3.63) is 59.0 Å². The van der Waals surface area contributed by atoms with Crippen molar-refractivity contribution in [2.45, 2.75) is 32.4 Å². The van der Waals surface area contributed by atoms with E-state index in [-0.39, 0.29) is 11.9 Å². The summed E-state index contributed by atoms with van der Waals surface area (Å²) in [5.74, 6) is 1.44. The Bertz CT molecular complexity index is 829. The lowest BCUT2D eigenvalue weighted by molar-refractivity contribution is 0.0339. The number of piperazine rings is 1. The minimum atomic E-state index is 0.00235. The summed E-state index contributed by atoms with van der Waals surface area (Å²) < 4.78 is 11.6. The van der Waals surface area contributed by atoms with Crippen LogP contribution in [0.3, 0.4) is 0 Å². The SMILES string of the molecule is CCCc1oc(C(=O)N2CCN(C)CC2c2ccccc2)cc1CN1CCOCC1. The van der Waals surface area contributed by atoms with Gasteiger partial charge in [0.1, 0.15) is 5.76 Å². The van der Waals surface area contributed by atoms with Crippen molar-refractivity contribution in [3.63, 3.8) is 0 Å². The average molecular weight is 412 g/mol. The van der Waals surface area contributed by atoms with E-state index in [2.05, 4.69) is 35.9 Å². The minimum Gasteiger partial charge on any atom is -0.456 e. The standard InChI is InChI=1S/C24H33N3O3/c1-3-7-22-20(17-26-12-14-29-15-13-26)16-23(30-22)24(28)27-11-10-25(2)18-21(27)19-8-5-4-6-9-19/h4-6,8-9,16,21H,3,7,10-15,17-18H2,1-2H3. The maximum atomic E-state index is 13.5. The Morgan fingerprint density at radius 2 is 1.87 bits per heavy atom. The summed E-state index contributed by atoms with van der Waals surface area (Å²) in [5.41, 5.74) is 2.32. The molecule has 2 aromatic rings. The molecule has 0 aliphatic carbocycles. The van der Waals surface area contributed by atoms with E-state index in [0.717, 1.165) is 70.1 Å². The molecule has 1 aromatic heterocycles. The highest BCUT2D eigenvalue weighted by Gasteiger charge is 2.33. The van der Waals surface area contributed by atoms with Gasteiger partial charge in [-0.15, -0.1) is 0 Å². The summed E-state index contributed by atoms with van der Waals surface area (Å²) in [5, 5.41) is 0. The largest absolute Gasteiger partial charge is 0.456 e. The molecular weight excluding hydrogens is 378 g/mol. The molecular formula is C24H33N3O3. The average Bonchev–Trinajstić information content (AvgIpc) is 3.17. The number of carbonyl (C=O) groups is 1. The number of ether oxygens (including phenoxy) is 1. The lowest BCUT2D eigenvalue weighted by Gasteiger charge is -2.40. The van der Waals surface area contributed by atoms with Crippen molar-refractivity contribution in [2.24, 2.45) is 0 Å². The van der Waals surface area contributed by atoms with Crippen molar-refractivity contribution >= 4 is 5.91 Å². The first kappa shape index (κ1) is 21.1. The normalized spacial score (nSPS) is 21.1. The van der Waals surface area contributed by atoms with E-state index in [4.69, 9.17) is 9.15 Å². The van der Waals surface area contributed by atoms with Crippen LogP contribution in [0.5, 0.6) is 0 Å². The van der Waals surface area contributed by atoms with Gasteiger partial charge in [-0.3, -0.25) is 9.69 Å². The van der Waals surface area contributed by atoms with Crippen LogP contribution >= 0.6 is 0 Å². The van der Waals surface area contributed by atoms with Gasteiger partial charge in [0.15, 0.2) is 5.76 Å². The first-order chi connectivity index (χ1) is 14.7. The number of likely N-dealkylation sites (N-methyl/N-ethyl adjacent to an activating group) is 1. The molecule has 162 valence electrons. The second-order valence-corrected chi connectivity index (χ2v) is 8.38. The Morgan fingerprint density at radius 3 is 2.60 bits per heavy atom. The highest BCUT2D eigenvalue weighted by atomic mass is 16.5. The highest BCUT2D eigenvalue weighted by molar-refractivity contribution is 5.92. The predicted molar refractivity (Wildman–Crippen MR) is 117 cm³/mol. The van der Waals surface area contributed by atoms with E-state index >= 15 is 0 Å². The number of carbonyl (C=O) groups excluding carboxylic acids is 1. The van der Waals surface area contributed by atoms with Gasteiger partial charge < -0.3 is 19.0 Å². The second-order valence-electron chi connectivity index (χ2n) is 8.38. The molecule has 1 unspecified atom stereocenters. The maximum absolute atomic E-state index is 13.5. The number of amides is 1. The quantitative estimate of drug-likeness (QED) is 0.731. The Morgan fingerprint density at radius 1 is 1.10 bits per heavy atom. The zero-order valence-electron chi connectivity index (χ0n) is 18.2. The molecule has 0 radical (unpaired) electrons. The molecule has 0 saturated carbocycles. The van der Waals surface area contributed by atoms with Crippen molar-refractivity contribution in [3.8, 4) is 0 Å². The number of morpholine rings is 1. The third kappa shape index (κ3) is 4.77. The molecule has 0 N–H and O–H groups in total. The molecule has 2 aliphatic rings. The van der Waals surface area contributed by atoms with E-state index in [0.29, 0.717) is 12.3 Å². The lowest BCUT2D eigenvalue weighted by Crippen LogP contribution is -2.49. The molecule has 6 heteroatoms. The van der Waals surface area contributed by atoms with Gasteiger partial charge in [-0.2, -0.15) is 0 Å². The molecule has 2 fully saturated rings. The van der Waals surface area contributed by atoms with Crippen LogP contribution in [0.1, 0.15) is 46.8 Å². The van der Waals surface area contributed by atoms with Crippen molar-refractivity contribution in [1.29, 1.82) is 0 Å². The lowest BCUT2D eigenvalue weighted by atomic mass is 10.0. The van der Waals surface area contributed by atoms with E-state index in [9.17, 15) is 4.79 Å². The summed E-state index contributed by atoms with van der Waals surface area (Å²) in [6.07, 6.45) is 1.86. The molecule has 4 rings (SSSR count). The van der Waals surface area contributed by atoms with E-state index in [1.54, 1.807) is 0 Å². The molecule has 2 aliphatic heterocycles.